The lowest BCUT2D eigenvalue weighted by molar-refractivity contribution is -0.114. The number of carbonyl (C=O) groups excluding carboxylic acids is 3. The summed E-state index contributed by atoms with van der Waals surface area (Å²) >= 11 is 0. The van der Waals surface area contributed by atoms with Crippen molar-refractivity contribution in [3.05, 3.63) is 65.2 Å². The van der Waals surface area contributed by atoms with Gasteiger partial charge in [0, 0.05) is 23.6 Å². The molecule has 0 unspecified atom stereocenters. The van der Waals surface area contributed by atoms with Crippen LogP contribution in [0.4, 0.5) is 5.69 Å². The molecule has 0 atom stereocenters. The van der Waals surface area contributed by atoms with E-state index in [2.05, 4.69) is 5.32 Å². The molecule has 106 valence electrons. The molecule has 0 radical (unpaired) electrons. The van der Waals surface area contributed by atoms with Crippen molar-refractivity contribution in [1.82, 2.24) is 0 Å². The molecule has 21 heavy (non-hydrogen) atoms. The Morgan fingerprint density at radius 2 is 1.52 bits per heavy atom. The van der Waals surface area contributed by atoms with Crippen LogP contribution in [0.1, 0.15) is 40.1 Å². The predicted molar refractivity (Wildman–Crippen MR) is 80.6 cm³/mol. The monoisotopic (exact) mass is 281 g/mol. The molecule has 1 N–H and O–H groups in total. The van der Waals surface area contributed by atoms with Gasteiger partial charge in [-0.3, -0.25) is 14.4 Å². The highest BCUT2D eigenvalue weighted by Crippen LogP contribution is 2.21. The second-order valence-electron chi connectivity index (χ2n) is 4.69. The number of nitrogens with one attached hydrogen (secondary N) is 1. The number of benzene rings is 2. The number of amides is 1. The molecule has 0 aliphatic heterocycles. The number of hydrogen-bond acceptors (Lipinski definition) is 3. The SMILES string of the molecule is CC(=O)Nc1ccc(C(C)=O)cc1C(=O)c1ccccc1. The van der Waals surface area contributed by atoms with Crippen LogP contribution in [0.2, 0.25) is 0 Å². The molecule has 0 aromatic heterocycles. The number of ketones is 2. The van der Waals surface area contributed by atoms with Crippen LogP contribution < -0.4 is 5.32 Å². The lowest BCUT2D eigenvalue weighted by atomic mass is 9.98. The highest BCUT2D eigenvalue weighted by atomic mass is 16.1. The molecular weight excluding hydrogens is 266 g/mol. The van der Waals surface area contributed by atoms with Gasteiger partial charge in [-0.2, -0.15) is 0 Å². The Morgan fingerprint density at radius 1 is 0.857 bits per heavy atom. The molecule has 2 aromatic carbocycles. The summed E-state index contributed by atoms with van der Waals surface area (Å²) in [5.74, 6) is -0.637. The molecule has 0 aliphatic carbocycles. The zero-order valence-corrected chi connectivity index (χ0v) is 11.8. The molecule has 4 heteroatoms. The maximum atomic E-state index is 12.6. The molecule has 0 aliphatic rings. The summed E-state index contributed by atoms with van der Waals surface area (Å²) in [7, 11) is 0. The van der Waals surface area contributed by atoms with Gasteiger partial charge in [-0.25, -0.2) is 0 Å². The average Bonchev–Trinajstić information content (AvgIpc) is 2.47. The third-order valence-electron chi connectivity index (χ3n) is 3.02. The second-order valence-corrected chi connectivity index (χ2v) is 4.69. The van der Waals surface area contributed by atoms with E-state index in [9.17, 15) is 14.4 Å². The summed E-state index contributed by atoms with van der Waals surface area (Å²) < 4.78 is 0. The molecule has 1 amide bonds. The molecule has 0 saturated heterocycles. The van der Waals surface area contributed by atoms with E-state index in [1.54, 1.807) is 36.4 Å². The summed E-state index contributed by atoms with van der Waals surface area (Å²) in [5.41, 5.74) is 1.65. The van der Waals surface area contributed by atoms with Crippen LogP contribution in [-0.4, -0.2) is 17.5 Å². The van der Waals surface area contributed by atoms with Crippen molar-refractivity contribution >= 4 is 23.2 Å². The first kappa shape index (κ1) is 14.7. The zero-order chi connectivity index (χ0) is 15.4. The van der Waals surface area contributed by atoms with E-state index in [0.29, 0.717) is 22.4 Å². The highest BCUT2D eigenvalue weighted by Gasteiger charge is 2.16. The van der Waals surface area contributed by atoms with Crippen molar-refractivity contribution in [3.8, 4) is 0 Å². The van der Waals surface area contributed by atoms with Gasteiger partial charge < -0.3 is 5.32 Å². The van der Waals surface area contributed by atoms with Crippen molar-refractivity contribution in [3.63, 3.8) is 0 Å². The van der Waals surface area contributed by atoms with E-state index in [1.165, 1.54) is 19.9 Å². The molecule has 0 fully saturated rings. The van der Waals surface area contributed by atoms with Crippen LogP contribution in [0.15, 0.2) is 48.5 Å². The minimum absolute atomic E-state index is 0.133. The molecular formula is C17H15NO3. The highest BCUT2D eigenvalue weighted by molar-refractivity contribution is 6.14. The summed E-state index contributed by atoms with van der Waals surface area (Å²) in [4.78, 5) is 35.3. The largest absolute Gasteiger partial charge is 0.326 e. The van der Waals surface area contributed by atoms with Crippen molar-refractivity contribution in [2.45, 2.75) is 13.8 Å². The van der Waals surface area contributed by atoms with Gasteiger partial charge in [0.15, 0.2) is 11.6 Å². The van der Waals surface area contributed by atoms with Gasteiger partial charge in [-0.15, -0.1) is 0 Å². The molecule has 0 heterocycles. The zero-order valence-electron chi connectivity index (χ0n) is 11.8. The maximum absolute atomic E-state index is 12.6. The van der Waals surface area contributed by atoms with Gasteiger partial charge in [0.25, 0.3) is 0 Å². The Kier molecular flexibility index (Phi) is 4.28. The third kappa shape index (κ3) is 3.42. The Morgan fingerprint density at radius 3 is 2.10 bits per heavy atom. The molecule has 2 rings (SSSR count). The van der Waals surface area contributed by atoms with Crippen molar-refractivity contribution in [1.29, 1.82) is 0 Å². The van der Waals surface area contributed by atoms with E-state index < -0.39 is 0 Å². The van der Waals surface area contributed by atoms with Gasteiger partial charge in [0.05, 0.1) is 5.69 Å². The van der Waals surface area contributed by atoms with Crippen molar-refractivity contribution in [2.75, 3.05) is 5.32 Å². The number of hydrogen-bond donors (Lipinski definition) is 1. The van der Waals surface area contributed by atoms with E-state index in [1.807, 2.05) is 6.07 Å². The molecule has 0 bridgehead atoms. The number of Topliss-reactive ketones (excluding diaryl/α,β-unsaturated/α-hetero) is 1. The molecule has 4 nitrogen and oxygen atoms in total. The third-order valence-corrected chi connectivity index (χ3v) is 3.02. The van der Waals surface area contributed by atoms with E-state index in [0.717, 1.165) is 0 Å². The maximum Gasteiger partial charge on any atom is 0.221 e. The first-order valence-electron chi connectivity index (χ1n) is 6.51. The normalized spacial score (nSPS) is 10.0. The van der Waals surface area contributed by atoms with Crippen molar-refractivity contribution in [2.24, 2.45) is 0 Å². The van der Waals surface area contributed by atoms with Crippen LogP contribution in [0, 0.1) is 0 Å². The fourth-order valence-electron chi connectivity index (χ4n) is 1.99. The standard InChI is InChI=1S/C17H15NO3/c1-11(19)14-8-9-16(18-12(2)20)15(10-14)17(21)13-6-4-3-5-7-13/h3-10H,1-2H3,(H,18,20). The topological polar surface area (TPSA) is 63.2 Å². The number of rotatable bonds is 4. The Balaban J connectivity index is 2.52. The quantitative estimate of drug-likeness (QED) is 0.876. The fraction of sp³-hybridized carbons (Fsp3) is 0.118. The van der Waals surface area contributed by atoms with Crippen molar-refractivity contribution < 1.29 is 14.4 Å². The number of anilines is 1. The van der Waals surface area contributed by atoms with Gasteiger partial charge >= 0.3 is 0 Å². The Hall–Kier alpha value is -2.75. The fourth-order valence-corrected chi connectivity index (χ4v) is 1.99. The van der Waals surface area contributed by atoms with E-state index in [4.69, 9.17) is 0 Å². The molecule has 2 aromatic rings. The van der Waals surface area contributed by atoms with Crippen LogP contribution in [-0.2, 0) is 4.79 Å². The van der Waals surface area contributed by atoms with E-state index in [-0.39, 0.29) is 17.5 Å². The first-order chi connectivity index (χ1) is 9.99. The average molecular weight is 281 g/mol. The van der Waals surface area contributed by atoms with Gasteiger partial charge in [-0.05, 0) is 25.1 Å². The van der Waals surface area contributed by atoms with Gasteiger partial charge in [0.1, 0.15) is 0 Å². The first-order valence-corrected chi connectivity index (χ1v) is 6.51. The summed E-state index contributed by atoms with van der Waals surface area (Å²) in [6.07, 6.45) is 0. The van der Waals surface area contributed by atoms with Gasteiger partial charge in [0.2, 0.25) is 5.91 Å². The van der Waals surface area contributed by atoms with E-state index >= 15 is 0 Å². The minimum atomic E-state index is -0.271. The Bertz CT molecular complexity index is 705. The summed E-state index contributed by atoms with van der Waals surface area (Å²) in [5, 5.41) is 2.62. The van der Waals surface area contributed by atoms with Crippen LogP contribution in [0.25, 0.3) is 0 Å². The second kappa shape index (κ2) is 6.13. The summed E-state index contributed by atoms with van der Waals surface area (Å²) in [6, 6.07) is 13.4. The minimum Gasteiger partial charge on any atom is -0.326 e. The molecule has 0 spiro atoms. The van der Waals surface area contributed by atoms with Crippen LogP contribution >= 0.6 is 0 Å². The van der Waals surface area contributed by atoms with Gasteiger partial charge in [-0.1, -0.05) is 30.3 Å². The smallest absolute Gasteiger partial charge is 0.221 e. The predicted octanol–water partition coefficient (Wildman–Crippen LogP) is 3.08. The molecule has 0 saturated carbocycles. The number of carbonyl (C=O) groups is 3. The lowest BCUT2D eigenvalue weighted by Gasteiger charge is -2.10. The van der Waals surface area contributed by atoms with Crippen LogP contribution in [0.3, 0.4) is 0 Å². The van der Waals surface area contributed by atoms with Crippen LogP contribution in [0.5, 0.6) is 0 Å². The Labute approximate surface area is 122 Å². The summed E-state index contributed by atoms with van der Waals surface area (Å²) in [6.45, 7) is 2.81. The lowest BCUT2D eigenvalue weighted by Crippen LogP contribution is -2.12.